The van der Waals surface area contributed by atoms with Crippen molar-refractivity contribution in [1.82, 2.24) is 4.98 Å². The largest absolute Gasteiger partial charge is 0.417 e. The van der Waals surface area contributed by atoms with Crippen molar-refractivity contribution in [2.24, 2.45) is 5.73 Å². The maximum atomic E-state index is 12.5. The number of benzene rings is 1. The highest BCUT2D eigenvalue weighted by Crippen LogP contribution is 2.34. The molecular weight excluding hydrogens is 331 g/mol. The molecule has 0 amide bonds. The van der Waals surface area contributed by atoms with Gasteiger partial charge in [0.05, 0.1) is 10.5 Å². The number of nitrogens with zero attached hydrogens (tertiary/aromatic N) is 2. The second-order valence-corrected chi connectivity index (χ2v) is 5.63. The Morgan fingerprint density at radius 2 is 2.00 bits per heavy atom. The van der Waals surface area contributed by atoms with E-state index in [1.54, 1.807) is 6.07 Å². The van der Waals surface area contributed by atoms with Gasteiger partial charge in [-0.3, -0.25) is 10.1 Å². The Labute approximate surface area is 133 Å². The van der Waals surface area contributed by atoms with Crippen LogP contribution in [0.5, 0.6) is 0 Å². The van der Waals surface area contributed by atoms with Crippen molar-refractivity contribution >= 4 is 17.4 Å². The van der Waals surface area contributed by atoms with Crippen LogP contribution in [0.3, 0.4) is 0 Å². The predicted octanol–water partition coefficient (Wildman–Crippen LogP) is 3.66. The van der Waals surface area contributed by atoms with Crippen LogP contribution >= 0.6 is 11.8 Å². The van der Waals surface area contributed by atoms with Crippen LogP contribution in [0.4, 0.5) is 18.9 Å². The summed E-state index contributed by atoms with van der Waals surface area (Å²) >= 11 is 1.14. The molecule has 2 rings (SSSR count). The van der Waals surface area contributed by atoms with Gasteiger partial charge >= 0.3 is 6.18 Å². The van der Waals surface area contributed by atoms with E-state index in [0.29, 0.717) is 28.5 Å². The molecule has 1 heterocycles. The molecule has 1 aromatic heterocycles. The number of hydrogen-bond acceptors (Lipinski definition) is 5. The SMILES string of the molecule is NCCc1cc([N+](=O)[O-])ccc1Sc1ccc(C(F)(F)F)cn1. The van der Waals surface area contributed by atoms with E-state index in [4.69, 9.17) is 5.73 Å². The Balaban J connectivity index is 2.26. The Hall–Kier alpha value is -2.13. The van der Waals surface area contributed by atoms with Crippen molar-refractivity contribution in [2.75, 3.05) is 6.54 Å². The van der Waals surface area contributed by atoms with Crippen LogP contribution < -0.4 is 5.73 Å². The van der Waals surface area contributed by atoms with Crippen molar-refractivity contribution in [1.29, 1.82) is 0 Å². The summed E-state index contributed by atoms with van der Waals surface area (Å²) in [7, 11) is 0. The molecule has 0 saturated carbocycles. The summed E-state index contributed by atoms with van der Waals surface area (Å²) in [4.78, 5) is 14.7. The van der Waals surface area contributed by atoms with Crippen LogP contribution in [0.25, 0.3) is 0 Å². The molecule has 0 aliphatic rings. The number of nitro groups is 1. The van der Waals surface area contributed by atoms with Gasteiger partial charge in [-0.1, -0.05) is 11.8 Å². The van der Waals surface area contributed by atoms with E-state index >= 15 is 0 Å². The maximum absolute atomic E-state index is 12.5. The third kappa shape index (κ3) is 4.42. The zero-order valence-corrected chi connectivity index (χ0v) is 12.5. The first kappa shape index (κ1) is 17.2. The van der Waals surface area contributed by atoms with Gasteiger partial charge in [-0.25, -0.2) is 4.98 Å². The number of non-ortho nitro benzene ring substituents is 1. The molecule has 0 unspecified atom stereocenters. The summed E-state index contributed by atoms with van der Waals surface area (Å²) in [6, 6.07) is 6.52. The van der Waals surface area contributed by atoms with Gasteiger partial charge in [-0.2, -0.15) is 13.2 Å². The van der Waals surface area contributed by atoms with Crippen LogP contribution in [0.15, 0.2) is 46.5 Å². The van der Waals surface area contributed by atoms with Crippen molar-refractivity contribution in [3.63, 3.8) is 0 Å². The van der Waals surface area contributed by atoms with E-state index in [0.717, 1.165) is 24.0 Å². The molecule has 0 aliphatic carbocycles. The van der Waals surface area contributed by atoms with Gasteiger partial charge in [0.15, 0.2) is 0 Å². The molecule has 5 nitrogen and oxygen atoms in total. The fourth-order valence-corrected chi connectivity index (χ4v) is 2.75. The highest BCUT2D eigenvalue weighted by atomic mass is 32.2. The quantitative estimate of drug-likeness (QED) is 0.662. The van der Waals surface area contributed by atoms with Crippen LogP contribution in [0.2, 0.25) is 0 Å². The van der Waals surface area contributed by atoms with Gasteiger partial charge in [-0.05, 0) is 36.7 Å². The van der Waals surface area contributed by atoms with Crippen LogP contribution in [-0.4, -0.2) is 16.5 Å². The molecule has 122 valence electrons. The number of aromatic nitrogens is 1. The lowest BCUT2D eigenvalue weighted by Crippen LogP contribution is -2.05. The molecule has 0 saturated heterocycles. The van der Waals surface area contributed by atoms with Gasteiger partial charge in [0.2, 0.25) is 0 Å². The zero-order chi connectivity index (χ0) is 17.0. The van der Waals surface area contributed by atoms with Gasteiger partial charge < -0.3 is 5.73 Å². The van der Waals surface area contributed by atoms with Crippen molar-refractivity contribution in [3.05, 3.63) is 57.8 Å². The number of nitrogens with two attached hydrogens (primary N) is 1. The molecule has 2 N–H and O–H groups in total. The van der Waals surface area contributed by atoms with Crippen molar-refractivity contribution in [3.8, 4) is 0 Å². The normalized spacial score (nSPS) is 11.5. The van der Waals surface area contributed by atoms with E-state index in [1.165, 1.54) is 18.2 Å². The molecule has 0 bridgehead atoms. The first-order valence-electron chi connectivity index (χ1n) is 6.49. The molecular formula is C14H12F3N3O2S. The Morgan fingerprint density at radius 1 is 1.26 bits per heavy atom. The lowest BCUT2D eigenvalue weighted by molar-refractivity contribution is -0.385. The second kappa shape index (κ2) is 6.97. The van der Waals surface area contributed by atoms with Gasteiger partial charge in [-0.15, -0.1) is 0 Å². The monoisotopic (exact) mass is 343 g/mol. The van der Waals surface area contributed by atoms with Crippen molar-refractivity contribution < 1.29 is 18.1 Å². The Morgan fingerprint density at radius 3 is 2.52 bits per heavy atom. The lowest BCUT2D eigenvalue weighted by atomic mass is 10.1. The first-order chi connectivity index (χ1) is 10.8. The van der Waals surface area contributed by atoms with E-state index in [2.05, 4.69) is 4.98 Å². The predicted molar refractivity (Wildman–Crippen MR) is 79.2 cm³/mol. The first-order valence-corrected chi connectivity index (χ1v) is 7.31. The van der Waals surface area contributed by atoms with Gasteiger partial charge in [0.25, 0.3) is 5.69 Å². The van der Waals surface area contributed by atoms with Crippen LogP contribution in [0.1, 0.15) is 11.1 Å². The van der Waals surface area contributed by atoms with Crippen LogP contribution in [-0.2, 0) is 12.6 Å². The number of hydrogen-bond donors (Lipinski definition) is 1. The third-order valence-corrected chi connectivity index (χ3v) is 4.02. The summed E-state index contributed by atoms with van der Waals surface area (Å²) < 4.78 is 37.5. The maximum Gasteiger partial charge on any atom is 0.417 e. The van der Waals surface area contributed by atoms with Gasteiger partial charge in [0, 0.05) is 23.2 Å². The summed E-state index contributed by atoms with van der Waals surface area (Å²) in [6.07, 6.45) is -3.25. The average Bonchev–Trinajstić information content (AvgIpc) is 2.48. The summed E-state index contributed by atoms with van der Waals surface area (Å²) in [5.41, 5.74) is 5.27. The smallest absolute Gasteiger partial charge is 0.330 e. The molecule has 0 radical (unpaired) electrons. The van der Waals surface area contributed by atoms with E-state index in [1.807, 2.05) is 0 Å². The fourth-order valence-electron chi connectivity index (χ4n) is 1.85. The van der Waals surface area contributed by atoms with E-state index in [-0.39, 0.29) is 5.69 Å². The highest BCUT2D eigenvalue weighted by Gasteiger charge is 2.30. The molecule has 1 aromatic carbocycles. The molecule has 0 atom stereocenters. The summed E-state index contributed by atoms with van der Waals surface area (Å²) in [6.45, 7) is 0.301. The summed E-state index contributed by atoms with van der Waals surface area (Å²) in [5.74, 6) is 0. The minimum Gasteiger partial charge on any atom is -0.330 e. The molecule has 23 heavy (non-hydrogen) atoms. The minimum atomic E-state index is -4.44. The highest BCUT2D eigenvalue weighted by molar-refractivity contribution is 7.99. The molecule has 2 aromatic rings. The van der Waals surface area contributed by atoms with E-state index in [9.17, 15) is 23.3 Å². The Kier molecular flexibility index (Phi) is 5.22. The standard InChI is InChI=1S/C14H12F3N3O2S/c15-14(16,17)10-1-4-13(19-8-10)23-12-3-2-11(20(21)22)7-9(12)5-6-18/h1-4,7-8H,5-6,18H2. The van der Waals surface area contributed by atoms with Crippen molar-refractivity contribution in [2.45, 2.75) is 22.5 Å². The third-order valence-electron chi connectivity index (χ3n) is 2.95. The molecule has 0 fully saturated rings. The Bertz CT molecular complexity index is 705. The fraction of sp³-hybridized carbons (Fsp3) is 0.214. The summed E-state index contributed by atoms with van der Waals surface area (Å²) in [5, 5.41) is 11.2. The number of pyridine rings is 1. The topological polar surface area (TPSA) is 82.0 Å². The molecule has 0 spiro atoms. The average molecular weight is 343 g/mol. The van der Waals surface area contributed by atoms with E-state index < -0.39 is 16.7 Å². The second-order valence-electron chi connectivity index (χ2n) is 4.57. The molecule has 0 aliphatic heterocycles. The lowest BCUT2D eigenvalue weighted by Gasteiger charge is -2.09. The minimum absolute atomic E-state index is 0.0572. The van der Waals surface area contributed by atoms with Gasteiger partial charge in [0.1, 0.15) is 5.03 Å². The number of rotatable bonds is 5. The number of halogens is 3. The number of nitro benzene ring substituents is 1. The van der Waals surface area contributed by atoms with Crippen LogP contribution in [0, 0.1) is 10.1 Å². The number of alkyl halides is 3. The molecule has 9 heteroatoms. The zero-order valence-electron chi connectivity index (χ0n) is 11.7.